The number of aliphatic hydroxyl groups is 1. The van der Waals surface area contributed by atoms with Gasteiger partial charge in [-0.2, -0.15) is 0 Å². The highest BCUT2D eigenvalue weighted by atomic mass is 16.5. The summed E-state index contributed by atoms with van der Waals surface area (Å²) in [6.45, 7) is 10.8. The van der Waals surface area contributed by atoms with E-state index in [0.717, 1.165) is 10.9 Å². The van der Waals surface area contributed by atoms with Crippen LogP contribution < -0.4 is 10.6 Å². The van der Waals surface area contributed by atoms with E-state index in [4.69, 9.17) is 19.2 Å². The van der Waals surface area contributed by atoms with Gasteiger partial charge in [-0.1, -0.05) is 18.2 Å². The summed E-state index contributed by atoms with van der Waals surface area (Å²) in [4.78, 5) is 22.0. The molecule has 2 amide bonds. The van der Waals surface area contributed by atoms with E-state index in [9.17, 15) is 9.90 Å². The molecule has 10 nitrogen and oxygen atoms in total. The SMILES string of the molecule is CCOCCOCCNC(=O)Nc1nc2ccccc2c2c1nc(COCC)n2CC(C)(C)O. The number of benzene rings is 1. The molecule has 1 aromatic carbocycles. The van der Waals surface area contributed by atoms with E-state index in [-0.39, 0.29) is 6.61 Å². The van der Waals surface area contributed by atoms with Gasteiger partial charge in [0, 0.05) is 25.1 Å². The van der Waals surface area contributed by atoms with Crippen LogP contribution in [0.5, 0.6) is 0 Å². The molecule has 0 bridgehead atoms. The van der Waals surface area contributed by atoms with Gasteiger partial charge < -0.3 is 29.2 Å². The molecule has 0 spiro atoms. The third kappa shape index (κ3) is 6.86. The van der Waals surface area contributed by atoms with Crippen molar-refractivity contribution in [2.24, 2.45) is 0 Å². The van der Waals surface area contributed by atoms with Crippen molar-refractivity contribution in [1.29, 1.82) is 0 Å². The predicted molar refractivity (Wildman–Crippen MR) is 131 cm³/mol. The van der Waals surface area contributed by atoms with Crippen LogP contribution in [0.2, 0.25) is 0 Å². The number of urea groups is 1. The zero-order chi connectivity index (χ0) is 24.6. The largest absolute Gasteiger partial charge is 0.389 e. The maximum absolute atomic E-state index is 12.6. The van der Waals surface area contributed by atoms with Crippen LogP contribution in [0.15, 0.2) is 24.3 Å². The summed E-state index contributed by atoms with van der Waals surface area (Å²) in [6, 6.07) is 7.26. The van der Waals surface area contributed by atoms with Crippen LogP contribution in [-0.2, 0) is 27.4 Å². The Morgan fingerprint density at radius 1 is 1.06 bits per heavy atom. The number of rotatable bonds is 13. The number of nitrogens with one attached hydrogen (secondary N) is 2. The number of nitrogens with zero attached hydrogens (tertiary/aromatic N) is 3. The fourth-order valence-corrected chi connectivity index (χ4v) is 3.58. The van der Waals surface area contributed by atoms with E-state index in [1.54, 1.807) is 13.8 Å². The first kappa shape index (κ1) is 25.8. The van der Waals surface area contributed by atoms with Crippen molar-refractivity contribution in [2.75, 3.05) is 44.9 Å². The second-order valence-corrected chi connectivity index (χ2v) is 8.43. The van der Waals surface area contributed by atoms with E-state index in [0.29, 0.717) is 68.8 Å². The van der Waals surface area contributed by atoms with Gasteiger partial charge in [0.2, 0.25) is 0 Å². The maximum atomic E-state index is 12.6. The van der Waals surface area contributed by atoms with Crippen molar-refractivity contribution < 1.29 is 24.1 Å². The molecule has 0 fully saturated rings. The number of aromatic nitrogens is 3. The topological polar surface area (TPSA) is 120 Å². The van der Waals surface area contributed by atoms with Gasteiger partial charge in [0.1, 0.15) is 17.9 Å². The number of amides is 2. The molecule has 3 rings (SSSR count). The van der Waals surface area contributed by atoms with Gasteiger partial charge in [-0.25, -0.2) is 14.8 Å². The van der Waals surface area contributed by atoms with Crippen molar-refractivity contribution in [3.63, 3.8) is 0 Å². The molecular weight excluding hydrogens is 438 g/mol. The average molecular weight is 474 g/mol. The highest BCUT2D eigenvalue weighted by Gasteiger charge is 2.23. The second-order valence-electron chi connectivity index (χ2n) is 8.43. The monoisotopic (exact) mass is 473 g/mol. The van der Waals surface area contributed by atoms with Crippen molar-refractivity contribution in [3.8, 4) is 0 Å². The Hall–Kier alpha value is -2.79. The number of para-hydroxylation sites is 1. The predicted octanol–water partition coefficient (Wildman–Crippen LogP) is 3.07. The Morgan fingerprint density at radius 2 is 1.79 bits per heavy atom. The van der Waals surface area contributed by atoms with E-state index >= 15 is 0 Å². The van der Waals surface area contributed by atoms with Crippen LogP contribution in [0, 0.1) is 0 Å². The Labute approximate surface area is 199 Å². The summed E-state index contributed by atoms with van der Waals surface area (Å²) in [5.41, 5.74) is 1.06. The average Bonchev–Trinajstić information content (AvgIpc) is 3.14. The molecule has 0 saturated carbocycles. The van der Waals surface area contributed by atoms with Crippen molar-refractivity contribution >= 4 is 33.8 Å². The molecule has 0 atom stereocenters. The number of carbonyl (C=O) groups is 1. The molecule has 0 aliphatic rings. The minimum absolute atomic E-state index is 0.278. The molecule has 10 heteroatoms. The minimum atomic E-state index is -0.980. The van der Waals surface area contributed by atoms with Gasteiger partial charge in [0.15, 0.2) is 5.82 Å². The van der Waals surface area contributed by atoms with Crippen molar-refractivity contribution in [2.45, 2.75) is 46.4 Å². The lowest BCUT2D eigenvalue weighted by molar-refractivity contribution is 0.0547. The molecule has 3 N–H and O–H groups in total. The van der Waals surface area contributed by atoms with Crippen LogP contribution in [0.1, 0.15) is 33.5 Å². The van der Waals surface area contributed by atoms with Gasteiger partial charge in [-0.3, -0.25) is 5.32 Å². The first-order valence-electron chi connectivity index (χ1n) is 11.6. The third-order valence-electron chi connectivity index (χ3n) is 4.98. The highest BCUT2D eigenvalue weighted by molar-refractivity contribution is 6.09. The lowest BCUT2D eigenvalue weighted by Crippen LogP contribution is -2.32. The summed E-state index contributed by atoms with van der Waals surface area (Å²) < 4.78 is 18.2. The smallest absolute Gasteiger partial charge is 0.320 e. The van der Waals surface area contributed by atoms with Gasteiger partial charge in [0.25, 0.3) is 0 Å². The van der Waals surface area contributed by atoms with Gasteiger partial charge >= 0.3 is 6.03 Å². The fraction of sp³-hybridized carbons (Fsp3) is 0.542. The normalized spacial score (nSPS) is 11.9. The number of hydrogen-bond donors (Lipinski definition) is 3. The summed E-state index contributed by atoms with van der Waals surface area (Å²) >= 11 is 0. The molecule has 0 unspecified atom stereocenters. The summed E-state index contributed by atoms with van der Waals surface area (Å²) in [6.07, 6.45) is 0. The third-order valence-corrected chi connectivity index (χ3v) is 4.98. The summed E-state index contributed by atoms with van der Waals surface area (Å²) in [7, 11) is 0. The lowest BCUT2D eigenvalue weighted by Gasteiger charge is -2.20. The molecule has 0 radical (unpaired) electrons. The number of ether oxygens (including phenoxy) is 3. The van der Waals surface area contributed by atoms with Crippen LogP contribution in [0.3, 0.4) is 0 Å². The van der Waals surface area contributed by atoms with Crippen molar-refractivity contribution in [1.82, 2.24) is 19.9 Å². The number of hydrogen-bond acceptors (Lipinski definition) is 7. The Kier molecular flexibility index (Phi) is 9.17. The van der Waals surface area contributed by atoms with Crippen LogP contribution >= 0.6 is 0 Å². The first-order valence-corrected chi connectivity index (χ1v) is 11.6. The zero-order valence-electron chi connectivity index (χ0n) is 20.4. The molecule has 0 aliphatic heterocycles. The number of carbonyl (C=O) groups excluding carboxylic acids is 1. The zero-order valence-corrected chi connectivity index (χ0v) is 20.4. The van der Waals surface area contributed by atoms with Crippen LogP contribution in [-0.4, -0.2) is 70.9 Å². The molecule has 34 heavy (non-hydrogen) atoms. The van der Waals surface area contributed by atoms with Crippen LogP contribution in [0.25, 0.3) is 21.9 Å². The molecule has 3 aromatic rings. The van der Waals surface area contributed by atoms with E-state index in [2.05, 4.69) is 15.6 Å². The highest BCUT2D eigenvalue weighted by Crippen LogP contribution is 2.31. The number of anilines is 1. The van der Waals surface area contributed by atoms with E-state index < -0.39 is 11.6 Å². The minimum Gasteiger partial charge on any atom is -0.389 e. The molecular formula is C24H35N5O5. The number of pyridine rings is 1. The van der Waals surface area contributed by atoms with Gasteiger partial charge in [-0.05, 0) is 33.8 Å². The number of fused-ring (bicyclic) bond motifs is 3. The van der Waals surface area contributed by atoms with Gasteiger partial charge in [-0.15, -0.1) is 0 Å². The fourth-order valence-electron chi connectivity index (χ4n) is 3.58. The molecule has 0 aliphatic carbocycles. The first-order chi connectivity index (χ1) is 16.3. The Balaban J connectivity index is 1.88. The van der Waals surface area contributed by atoms with E-state index in [1.165, 1.54) is 0 Å². The molecule has 0 saturated heterocycles. The van der Waals surface area contributed by atoms with Crippen molar-refractivity contribution in [3.05, 3.63) is 30.1 Å². The van der Waals surface area contributed by atoms with E-state index in [1.807, 2.05) is 42.7 Å². The second kappa shape index (κ2) is 12.1. The lowest BCUT2D eigenvalue weighted by atomic mass is 10.1. The molecule has 2 heterocycles. The maximum Gasteiger partial charge on any atom is 0.320 e. The Morgan fingerprint density at radius 3 is 2.53 bits per heavy atom. The standard InChI is InChI=1S/C24H35N5O5/c1-5-32-13-14-34-12-11-25-23(30)28-22-20-21(17-9-7-8-10-18(17)26-22)29(16-24(3,4)31)19(27-20)15-33-6-2/h7-10,31H,5-6,11-16H2,1-4H3,(H2,25,26,28,30). The molecule has 2 aromatic heterocycles. The quantitative estimate of drug-likeness (QED) is 0.326. The summed E-state index contributed by atoms with van der Waals surface area (Å²) in [5.74, 6) is 0.999. The number of imidazole rings is 1. The summed E-state index contributed by atoms with van der Waals surface area (Å²) in [5, 5.41) is 17.1. The van der Waals surface area contributed by atoms with Gasteiger partial charge in [0.05, 0.1) is 43.0 Å². The van der Waals surface area contributed by atoms with Crippen LogP contribution in [0.4, 0.5) is 10.6 Å². The molecule has 186 valence electrons. The Bertz CT molecular complexity index is 1090.